The summed E-state index contributed by atoms with van der Waals surface area (Å²) in [6.07, 6.45) is 1.66. The Morgan fingerprint density at radius 2 is 1.70 bits per heavy atom. The number of amides is 2. The van der Waals surface area contributed by atoms with Crippen LogP contribution >= 0.6 is 11.8 Å². The predicted molar refractivity (Wildman–Crippen MR) is 133 cm³/mol. The predicted octanol–water partition coefficient (Wildman–Crippen LogP) is 2.47. The Labute approximate surface area is 200 Å². The first kappa shape index (κ1) is 23.6. The van der Waals surface area contributed by atoms with Gasteiger partial charge in [-0.25, -0.2) is 0 Å². The molecule has 1 saturated heterocycles. The molecule has 0 aromatic heterocycles. The summed E-state index contributed by atoms with van der Waals surface area (Å²) in [7, 11) is 0. The second-order valence-electron chi connectivity index (χ2n) is 8.58. The molecule has 33 heavy (non-hydrogen) atoms. The Morgan fingerprint density at radius 1 is 0.970 bits per heavy atom. The number of benzene rings is 2. The van der Waals surface area contributed by atoms with Crippen molar-refractivity contribution in [3.63, 3.8) is 0 Å². The number of piperazine rings is 1. The Hall–Kier alpha value is -2.55. The lowest BCUT2D eigenvalue weighted by molar-refractivity contribution is -0.122. The normalized spacial score (nSPS) is 16.1. The van der Waals surface area contributed by atoms with Crippen LogP contribution in [0, 0.1) is 6.92 Å². The first-order valence-corrected chi connectivity index (χ1v) is 12.5. The van der Waals surface area contributed by atoms with Crippen LogP contribution in [0.3, 0.4) is 0 Å². The highest BCUT2D eigenvalue weighted by Crippen LogP contribution is 2.48. The molecule has 2 aromatic rings. The quantitative estimate of drug-likeness (QED) is 0.524. The van der Waals surface area contributed by atoms with Gasteiger partial charge in [0.05, 0.1) is 17.9 Å². The third-order valence-electron chi connectivity index (χ3n) is 6.20. The van der Waals surface area contributed by atoms with E-state index >= 15 is 0 Å². The molecule has 2 N–H and O–H groups in total. The van der Waals surface area contributed by atoms with Gasteiger partial charge in [0.1, 0.15) is 0 Å². The zero-order valence-electron chi connectivity index (χ0n) is 19.3. The van der Waals surface area contributed by atoms with Crippen LogP contribution in [-0.2, 0) is 9.59 Å². The average Bonchev–Trinajstić information content (AvgIpc) is 2.83. The molecule has 0 spiro atoms. The van der Waals surface area contributed by atoms with E-state index in [1.54, 1.807) is 0 Å². The van der Waals surface area contributed by atoms with Crippen molar-refractivity contribution in [2.75, 3.05) is 63.8 Å². The lowest BCUT2D eigenvalue weighted by Gasteiger charge is -2.36. The molecule has 0 atom stereocenters. The first-order valence-electron chi connectivity index (χ1n) is 11.7. The average molecular weight is 468 g/mol. The molecule has 1 fully saturated rings. The Morgan fingerprint density at radius 3 is 2.48 bits per heavy atom. The molecule has 176 valence electrons. The molecule has 0 radical (unpaired) electrons. The molecule has 7 nitrogen and oxygen atoms in total. The molecule has 8 heteroatoms. The van der Waals surface area contributed by atoms with Gasteiger partial charge in [0.25, 0.3) is 0 Å². The molecule has 2 aromatic carbocycles. The van der Waals surface area contributed by atoms with E-state index in [9.17, 15) is 9.59 Å². The van der Waals surface area contributed by atoms with Gasteiger partial charge in [0.2, 0.25) is 12.3 Å². The summed E-state index contributed by atoms with van der Waals surface area (Å²) in [6.45, 7) is 9.93. The molecule has 2 heterocycles. The molecule has 0 unspecified atom stereocenters. The number of aryl methyl sites for hydroxylation is 1. The van der Waals surface area contributed by atoms with Crippen LogP contribution in [0.1, 0.15) is 12.0 Å². The highest BCUT2D eigenvalue weighted by molar-refractivity contribution is 7.99. The van der Waals surface area contributed by atoms with Gasteiger partial charge in [-0.1, -0.05) is 30.0 Å². The first-order chi connectivity index (χ1) is 16.1. The fraction of sp³-hybridized carbons (Fsp3) is 0.440. The van der Waals surface area contributed by atoms with E-state index in [0.717, 1.165) is 52.2 Å². The number of anilines is 2. The largest absolute Gasteiger partial charge is 0.353 e. The van der Waals surface area contributed by atoms with E-state index in [1.165, 1.54) is 26.7 Å². The standard InChI is InChI=1S/C25H33N5O2S/c1-20-7-8-24-22(17-20)30(21-5-2-3-6-23(21)33-24)11-4-10-28-13-15-29(16-14-28)12-9-27-25(32)18-26-19-31/h2-3,5-8,17,19H,4,9-16,18H2,1H3,(H,26,31)(H,27,32). The van der Waals surface area contributed by atoms with Crippen LogP contribution < -0.4 is 15.5 Å². The van der Waals surface area contributed by atoms with Crippen molar-refractivity contribution in [2.45, 2.75) is 23.1 Å². The maximum Gasteiger partial charge on any atom is 0.239 e. The number of rotatable bonds is 10. The van der Waals surface area contributed by atoms with Crippen molar-refractivity contribution in [1.82, 2.24) is 20.4 Å². The van der Waals surface area contributed by atoms with Gasteiger partial charge in [-0.3, -0.25) is 14.5 Å². The van der Waals surface area contributed by atoms with Crippen LogP contribution in [0.4, 0.5) is 11.4 Å². The van der Waals surface area contributed by atoms with E-state index in [4.69, 9.17) is 0 Å². The molecule has 0 aliphatic carbocycles. The lowest BCUT2D eigenvalue weighted by atomic mass is 10.1. The number of hydrogen-bond acceptors (Lipinski definition) is 6. The number of fused-ring (bicyclic) bond motifs is 2. The Kier molecular flexibility index (Phi) is 8.25. The minimum absolute atomic E-state index is 0.0432. The molecule has 2 amide bonds. The lowest BCUT2D eigenvalue weighted by Crippen LogP contribution is -2.49. The third-order valence-corrected chi connectivity index (χ3v) is 7.33. The van der Waals surface area contributed by atoms with Crippen LogP contribution in [0.15, 0.2) is 52.3 Å². The number of carbonyl (C=O) groups excluding carboxylic acids is 2. The number of hydrogen-bond donors (Lipinski definition) is 2. The van der Waals surface area contributed by atoms with Gasteiger partial charge < -0.3 is 20.4 Å². The molecule has 2 aliphatic heterocycles. The Bertz CT molecular complexity index is 962. The van der Waals surface area contributed by atoms with Crippen molar-refractivity contribution in [1.29, 1.82) is 0 Å². The van der Waals surface area contributed by atoms with Gasteiger partial charge in [-0.15, -0.1) is 0 Å². The highest BCUT2D eigenvalue weighted by atomic mass is 32.2. The van der Waals surface area contributed by atoms with E-state index in [1.807, 2.05) is 11.8 Å². The number of para-hydroxylation sites is 1. The molecule has 2 aliphatic rings. The summed E-state index contributed by atoms with van der Waals surface area (Å²) < 4.78 is 0. The maximum absolute atomic E-state index is 11.6. The van der Waals surface area contributed by atoms with Crippen molar-refractivity contribution < 1.29 is 9.59 Å². The Balaban J connectivity index is 1.23. The van der Waals surface area contributed by atoms with Crippen molar-refractivity contribution >= 4 is 35.5 Å². The summed E-state index contributed by atoms with van der Waals surface area (Å²) in [5, 5.41) is 5.23. The minimum Gasteiger partial charge on any atom is -0.353 e. The molecule has 0 saturated carbocycles. The number of nitrogens with zero attached hydrogens (tertiary/aromatic N) is 3. The summed E-state index contributed by atoms with van der Waals surface area (Å²) in [5.41, 5.74) is 3.94. The minimum atomic E-state index is -0.143. The van der Waals surface area contributed by atoms with Gasteiger partial charge in [-0.05, 0) is 49.7 Å². The second-order valence-corrected chi connectivity index (χ2v) is 9.66. The fourth-order valence-electron chi connectivity index (χ4n) is 4.42. The second kappa shape index (κ2) is 11.5. The molecular formula is C25H33N5O2S. The van der Waals surface area contributed by atoms with E-state index in [-0.39, 0.29) is 12.5 Å². The smallest absolute Gasteiger partial charge is 0.239 e. The van der Waals surface area contributed by atoms with Gasteiger partial charge in [-0.2, -0.15) is 0 Å². The zero-order valence-corrected chi connectivity index (χ0v) is 20.1. The molecule has 4 rings (SSSR count). The van der Waals surface area contributed by atoms with Crippen molar-refractivity contribution in [3.05, 3.63) is 48.0 Å². The van der Waals surface area contributed by atoms with E-state index in [2.05, 4.69) is 74.7 Å². The summed E-state index contributed by atoms with van der Waals surface area (Å²) in [4.78, 5) is 31.9. The van der Waals surface area contributed by atoms with Gasteiger partial charge in [0, 0.05) is 55.6 Å². The molecule has 0 bridgehead atoms. The van der Waals surface area contributed by atoms with Crippen LogP contribution in [0.2, 0.25) is 0 Å². The van der Waals surface area contributed by atoms with Crippen molar-refractivity contribution in [2.24, 2.45) is 0 Å². The number of nitrogens with one attached hydrogen (secondary N) is 2. The van der Waals surface area contributed by atoms with E-state index < -0.39 is 0 Å². The monoisotopic (exact) mass is 467 g/mol. The van der Waals surface area contributed by atoms with E-state index in [0.29, 0.717) is 13.0 Å². The van der Waals surface area contributed by atoms with Crippen LogP contribution in [-0.4, -0.2) is 81.0 Å². The number of carbonyl (C=O) groups is 2. The fourth-order valence-corrected chi connectivity index (χ4v) is 5.50. The highest BCUT2D eigenvalue weighted by Gasteiger charge is 2.23. The van der Waals surface area contributed by atoms with Gasteiger partial charge >= 0.3 is 0 Å². The van der Waals surface area contributed by atoms with Gasteiger partial charge in [0.15, 0.2) is 0 Å². The maximum atomic E-state index is 11.6. The summed E-state index contributed by atoms with van der Waals surface area (Å²) >= 11 is 1.87. The zero-order chi connectivity index (χ0) is 23.0. The van der Waals surface area contributed by atoms with Crippen LogP contribution in [0.5, 0.6) is 0 Å². The summed E-state index contributed by atoms with van der Waals surface area (Å²) in [5.74, 6) is -0.143. The van der Waals surface area contributed by atoms with Crippen molar-refractivity contribution in [3.8, 4) is 0 Å². The topological polar surface area (TPSA) is 67.9 Å². The van der Waals surface area contributed by atoms with Crippen LogP contribution in [0.25, 0.3) is 0 Å². The molecular weight excluding hydrogens is 434 g/mol. The third kappa shape index (κ3) is 6.28. The SMILES string of the molecule is Cc1ccc2c(c1)N(CCCN1CCN(CCNC(=O)CNC=O)CC1)c1ccccc1S2. The summed E-state index contributed by atoms with van der Waals surface area (Å²) in [6, 6.07) is 15.5.